The van der Waals surface area contributed by atoms with Gasteiger partial charge in [0, 0.05) is 6.42 Å². The number of hydrogen-bond acceptors (Lipinski definition) is 5. The lowest BCUT2D eigenvalue weighted by atomic mass is 10.2. The van der Waals surface area contributed by atoms with Gasteiger partial charge in [-0.05, 0) is 27.2 Å². The van der Waals surface area contributed by atoms with Crippen LogP contribution in [0.25, 0.3) is 0 Å². The highest BCUT2D eigenvalue weighted by Crippen LogP contribution is 2.22. The van der Waals surface area contributed by atoms with Crippen molar-refractivity contribution in [1.82, 2.24) is 4.90 Å². The van der Waals surface area contributed by atoms with Gasteiger partial charge in [-0.25, -0.2) is 9.59 Å². The number of carbonyl (C=O) groups excluding carboxylic acids is 2. The maximum Gasteiger partial charge on any atom is 0.411 e. The molecule has 1 heterocycles. The van der Waals surface area contributed by atoms with Crippen LogP contribution >= 0.6 is 0 Å². The van der Waals surface area contributed by atoms with Crippen LogP contribution in [0.2, 0.25) is 0 Å². The van der Waals surface area contributed by atoms with Crippen LogP contribution in [-0.2, 0) is 14.3 Å². The maximum absolute atomic E-state index is 12.0. The smallest absolute Gasteiger partial charge is 0.411 e. The van der Waals surface area contributed by atoms with Gasteiger partial charge in [0.25, 0.3) is 0 Å². The summed E-state index contributed by atoms with van der Waals surface area (Å²) in [6, 6.07) is -0.753. The van der Waals surface area contributed by atoms with E-state index in [0.717, 1.165) is 0 Å². The number of hydrogen-bond donors (Lipinski definition) is 1. The van der Waals surface area contributed by atoms with Gasteiger partial charge >= 0.3 is 12.1 Å². The normalized spacial score (nSPS) is 23.3. The van der Waals surface area contributed by atoms with Crippen LogP contribution in [0.1, 0.15) is 40.5 Å². The van der Waals surface area contributed by atoms with E-state index in [0.29, 0.717) is 13.0 Å². The lowest BCUT2D eigenvalue weighted by Gasteiger charge is -2.27. The average molecular weight is 273 g/mol. The zero-order chi connectivity index (χ0) is 14.6. The van der Waals surface area contributed by atoms with E-state index in [2.05, 4.69) is 0 Å². The number of rotatable bonds is 3. The Morgan fingerprint density at radius 3 is 2.53 bits per heavy atom. The molecule has 1 rings (SSSR count). The Kier molecular flexibility index (Phi) is 5.17. The minimum atomic E-state index is -0.753. The fraction of sp³-hybridized carbons (Fsp3) is 0.846. The number of esters is 1. The van der Waals surface area contributed by atoms with E-state index in [9.17, 15) is 14.7 Å². The van der Waals surface area contributed by atoms with Crippen LogP contribution in [0.4, 0.5) is 4.79 Å². The first-order valence-corrected chi connectivity index (χ1v) is 6.59. The minimum absolute atomic E-state index is 0.0980. The third-order valence-electron chi connectivity index (χ3n) is 2.63. The Bertz CT molecular complexity index is 336. The summed E-state index contributed by atoms with van der Waals surface area (Å²) in [6.07, 6.45) is -0.399. The van der Waals surface area contributed by atoms with Crippen molar-refractivity contribution in [2.75, 3.05) is 13.2 Å². The maximum atomic E-state index is 12.0. The monoisotopic (exact) mass is 273 g/mol. The molecule has 0 bridgehead atoms. The number of carbonyl (C=O) groups is 2. The molecule has 1 aliphatic rings. The number of amides is 1. The Morgan fingerprint density at radius 2 is 2.00 bits per heavy atom. The van der Waals surface area contributed by atoms with Crippen LogP contribution in [0.15, 0.2) is 0 Å². The van der Waals surface area contributed by atoms with Gasteiger partial charge in [-0.15, -0.1) is 0 Å². The van der Waals surface area contributed by atoms with Crippen molar-refractivity contribution in [3.05, 3.63) is 0 Å². The number of ether oxygens (including phenoxy) is 2. The summed E-state index contributed by atoms with van der Waals surface area (Å²) in [7, 11) is 0. The fourth-order valence-corrected chi connectivity index (χ4v) is 1.86. The summed E-state index contributed by atoms with van der Waals surface area (Å²) in [5, 5.41) is 9.63. The van der Waals surface area contributed by atoms with Crippen molar-refractivity contribution in [2.24, 2.45) is 0 Å². The van der Waals surface area contributed by atoms with Gasteiger partial charge in [0.15, 0.2) is 0 Å². The summed E-state index contributed by atoms with van der Waals surface area (Å²) in [4.78, 5) is 25.1. The molecule has 110 valence electrons. The Labute approximate surface area is 113 Å². The fourth-order valence-electron chi connectivity index (χ4n) is 1.86. The lowest BCUT2D eigenvalue weighted by molar-refractivity contribution is -0.148. The number of β-amino-alcohol motifs (C(OH)–C–C–N with tert-alkyl or cyclic N) is 1. The van der Waals surface area contributed by atoms with Gasteiger partial charge in [0.1, 0.15) is 11.6 Å². The van der Waals surface area contributed by atoms with E-state index in [1.54, 1.807) is 20.8 Å². The Hall–Kier alpha value is -1.30. The van der Waals surface area contributed by atoms with Crippen molar-refractivity contribution in [3.63, 3.8) is 0 Å². The third-order valence-corrected chi connectivity index (χ3v) is 2.63. The van der Waals surface area contributed by atoms with Crippen molar-refractivity contribution in [2.45, 2.75) is 58.3 Å². The molecule has 1 aliphatic heterocycles. The second-order valence-corrected chi connectivity index (χ2v) is 5.71. The largest absolute Gasteiger partial charge is 0.464 e. The summed E-state index contributed by atoms with van der Waals surface area (Å²) in [5.41, 5.74) is -0.636. The molecule has 1 amide bonds. The molecular weight excluding hydrogens is 250 g/mol. The number of aliphatic hydroxyl groups excluding tert-OH is 1. The first kappa shape index (κ1) is 15.8. The Balaban J connectivity index is 2.68. The van der Waals surface area contributed by atoms with E-state index < -0.39 is 29.8 Å². The molecule has 2 atom stereocenters. The zero-order valence-corrected chi connectivity index (χ0v) is 12.0. The number of aliphatic hydroxyl groups is 1. The molecule has 1 N–H and O–H groups in total. The molecule has 0 aliphatic carbocycles. The van der Waals surface area contributed by atoms with Crippen LogP contribution in [0, 0.1) is 0 Å². The van der Waals surface area contributed by atoms with Gasteiger partial charge in [-0.2, -0.15) is 0 Å². The molecule has 0 aromatic carbocycles. The Morgan fingerprint density at radius 1 is 1.37 bits per heavy atom. The molecule has 0 radical (unpaired) electrons. The van der Waals surface area contributed by atoms with Crippen molar-refractivity contribution >= 4 is 12.1 Å². The molecule has 1 saturated heterocycles. The predicted molar refractivity (Wildman–Crippen MR) is 68.6 cm³/mol. The second kappa shape index (κ2) is 6.23. The first-order chi connectivity index (χ1) is 8.74. The summed E-state index contributed by atoms with van der Waals surface area (Å²) in [5.74, 6) is -0.482. The average Bonchev–Trinajstić information content (AvgIpc) is 2.66. The number of likely N-dealkylation sites (tertiary alicyclic amines) is 1. The zero-order valence-electron chi connectivity index (χ0n) is 12.0. The standard InChI is InChI=1S/C13H23NO5/c1-5-6-18-11(16)10-7-9(15)8-14(10)12(17)19-13(2,3)4/h9-10,15H,5-8H2,1-4H3/t9-,10+/m1/s1. The van der Waals surface area contributed by atoms with Crippen LogP contribution < -0.4 is 0 Å². The van der Waals surface area contributed by atoms with Gasteiger partial charge in [-0.1, -0.05) is 6.92 Å². The highest BCUT2D eigenvalue weighted by molar-refractivity contribution is 5.82. The van der Waals surface area contributed by atoms with Crippen LogP contribution in [0.5, 0.6) is 0 Å². The second-order valence-electron chi connectivity index (χ2n) is 5.71. The van der Waals surface area contributed by atoms with E-state index in [4.69, 9.17) is 9.47 Å². The molecule has 0 spiro atoms. The predicted octanol–water partition coefficient (Wildman–Crippen LogP) is 1.31. The van der Waals surface area contributed by atoms with Crippen molar-refractivity contribution < 1.29 is 24.2 Å². The van der Waals surface area contributed by atoms with E-state index in [-0.39, 0.29) is 13.0 Å². The molecule has 6 heteroatoms. The number of nitrogens with zero attached hydrogens (tertiary/aromatic N) is 1. The highest BCUT2D eigenvalue weighted by Gasteiger charge is 2.41. The molecular formula is C13H23NO5. The van der Waals surface area contributed by atoms with Gasteiger partial charge in [-0.3, -0.25) is 4.90 Å². The molecule has 0 unspecified atom stereocenters. The van der Waals surface area contributed by atoms with E-state index >= 15 is 0 Å². The lowest BCUT2D eigenvalue weighted by Crippen LogP contribution is -2.44. The van der Waals surface area contributed by atoms with Gasteiger partial charge < -0.3 is 14.6 Å². The molecule has 0 aromatic rings. The minimum Gasteiger partial charge on any atom is -0.464 e. The van der Waals surface area contributed by atoms with Crippen LogP contribution in [0.3, 0.4) is 0 Å². The molecule has 0 aromatic heterocycles. The highest BCUT2D eigenvalue weighted by atomic mass is 16.6. The molecule has 19 heavy (non-hydrogen) atoms. The molecule has 1 fully saturated rings. The summed E-state index contributed by atoms with van der Waals surface area (Å²) >= 11 is 0. The molecule has 6 nitrogen and oxygen atoms in total. The van der Waals surface area contributed by atoms with Crippen molar-refractivity contribution in [1.29, 1.82) is 0 Å². The first-order valence-electron chi connectivity index (χ1n) is 6.59. The van der Waals surface area contributed by atoms with E-state index in [1.165, 1.54) is 4.90 Å². The third kappa shape index (κ3) is 4.70. The van der Waals surface area contributed by atoms with Gasteiger partial charge in [0.05, 0.1) is 19.3 Å². The van der Waals surface area contributed by atoms with Crippen molar-refractivity contribution in [3.8, 4) is 0 Å². The molecule has 0 saturated carbocycles. The van der Waals surface area contributed by atoms with E-state index in [1.807, 2.05) is 6.92 Å². The van der Waals surface area contributed by atoms with Gasteiger partial charge in [0.2, 0.25) is 0 Å². The quantitative estimate of drug-likeness (QED) is 0.785. The SMILES string of the molecule is CCCOC(=O)[C@@H]1C[C@@H](O)CN1C(=O)OC(C)(C)C. The topological polar surface area (TPSA) is 76.1 Å². The van der Waals surface area contributed by atoms with Crippen LogP contribution in [-0.4, -0.2) is 53.0 Å². The summed E-state index contributed by atoms with van der Waals surface area (Å²) in [6.45, 7) is 7.56. The summed E-state index contributed by atoms with van der Waals surface area (Å²) < 4.78 is 10.3.